The summed E-state index contributed by atoms with van der Waals surface area (Å²) in [6.07, 6.45) is 7.56. The zero-order valence-corrected chi connectivity index (χ0v) is 15.6. The molecule has 3 rings (SSSR count). The zero-order chi connectivity index (χ0) is 17.9. The number of carbonyl (C=O) groups excluding carboxylic acids is 2. The summed E-state index contributed by atoms with van der Waals surface area (Å²) in [5.41, 5.74) is -0.305. The number of ether oxygens (including phenoxy) is 3. The molecule has 3 aliphatic rings. The first-order valence-electron chi connectivity index (χ1n) is 9.80. The third-order valence-corrected chi connectivity index (χ3v) is 5.97. The second kappa shape index (κ2) is 7.52. The van der Waals surface area contributed by atoms with Crippen LogP contribution in [0.3, 0.4) is 0 Å². The second-order valence-corrected chi connectivity index (χ2v) is 7.92. The maximum Gasteiger partial charge on any atom is 0.410 e. The average molecular weight is 353 g/mol. The minimum Gasteiger partial charge on any atom is -0.443 e. The van der Waals surface area contributed by atoms with E-state index in [0.717, 1.165) is 38.5 Å². The van der Waals surface area contributed by atoms with E-state index in [4.69, 9.17) is 14.2 Å². The van der Waals surface area contributed by atoms with E-state index in [1.54, 1.807) is 4.90 Å². The van der Waals surface area contributed by atoms with Crippen LogP contribution in [-0.4, -0.2) is 48.0 Å². The molecule has 2 aliphatic heterocycles. The molecular weight excluding hydrogens is 322 g/mol. The highest BCUT2D eigenvalue weighted by Gasteiger charge is 2.40. The number of amides is 1. The predicted molar refractivity (Wildman–Crippen MR) is 92.0 cm³/mol. The summed E-state index contributed by atoms with van der Waals surface area (Å²) in [6, 6.07) is 0. The van der Waals surface area contributed by atoms with Crippen LogP contribution in [0.5, 0.6) is 0 Å². The number of carbonyl (C=O) groups is 2. The van der Waals surface area contributed by atoms with E-state index in [9.17, 15) is 9.59 Å². The van der Waals surface area contributed by atoms with E-state index < -0.39 is 5.79 Å². The standard InChI is InChI=1S/C19H31NO5/c1-3-19(11-6-14-23-19)24-16(21)15-7-12-20(13-8-15)17(22)25-18(2)9-4-5-10-18/h15H,3-14H2,1-2H3. The summed E-state index contributed by atoms with van der Waals surface area (Å²) in [6.45, 7) is 5.77. The Hall–Kier alpha value is -1.30. The fourth-order valence-corrected chi connectivity index (χ4v) is 4.17. The molecule has 0 N–H and O–H groups in total. The Morgan fingerprint density at radius 2 is 1.76 bits per heavy atom. The van der Waals surface area contributed by atoms with Crippen molar-refractivity contribution in [1.29, 1.82) is 0 Å². The van der Waals surface area contributed by atoms with Gasteiger partial charge in [-0.05, 0) is 51.9 Å². The summed E-state index contributed by atoms with van der Waals surface area (Å²) in [5, 5.41) is 0. The highest BCUT2D eigenvalue weighted by molar-refractivity contribution is 5.74. The molecule has 1 atom stereocenters. The van der Waals surface area contributed by atoms with Crippen molar-refractivity contribution in [2.75, 3.05) is 19.7 Å². The van der Waals surface area contributed by atoms with Crippen molar-refractivity contribution in [2.24, 2.45) is 5.92 Å². The van der Waals surface area contributed by atoms with Gasteiger partial charge >= 0.3 is 12.1 Å². The second-order valence-electron chi connectivity index (χ2n) is 7.92. The van der Waals surface area contributed by atoms with Crippen molar-refractivity contribution in [3.05, 3.63) is 0 Å². The lowest BCUT2D eigenvalue weighted by molar-refractivity contribution is -0.219. The van der Waals surface area contributed by atoms with E-state index >= 15 is 0 Å². The number of piperidine rings is 1. The van der Waals surface area contributed by atoms with Gasteiger partial charge < -0.3 is 19.1 Å². The van der Waals surface area contributed by atoms with Crippen molar-refractivity contribution in [1.82, 2.24) is 4.90 Å². The molecule has 3 fully saturated rings. The smallest absolute Gasteiger partial charge is 0.410 e. The lowest BCUT2D eigenvalue weighted by Gasteiger charge is -2.35. The molecule has 2 heterocycles. The first-order chi connectivity index (χ1) is 12.0. The van der Waals surface area contributed by atoms with Crippen LogP contribution in [0.15, 0.2) is 0 Å². The molecule has 0 spiro atoms. The van der Waals surface area contributed by atoms with Gasteiger partial charge in [-0.3, -0.25) is 4.79 Å². The van der Waals surface area contributed by atoms with Crippen LogP contribution in [-0.2, 0) is 19.0 Å². The fraction of sp³-hybridized carbons (Fsp3) is 0.895. The normalized spacial score (nSPS) is 29.6. The number of hydrogen-bond acceptors (Lipinski definition) is 5. The summed E-state index contributed by atoms with van der Waals surface area (Å²) in [4.78, 5) is 26.6. The van der Waals surface area contributed by atoms with E-state index in [0.29, 0.717) is 39.0 Å². The molecule has 0 aromatic heterocycles. The van der Waals surface area contributed by atoms with Crippen molar-refractivity contribution < 1.29 is 23.8 Å². The van der Waals surface area contributed by atoms with Crippen molar-refractivity contribution in [3.8, 4) is 0 Å². The Bertz CT molecular complexity index is 486. The first-order valence-corrected chi connectivity index (χ1v) is 9.80. The molecule has 6 nitrogen and oxygen atoms in total. The van der Waals surface area contributed by atoms with Gasteiger partial charge in [0, 0.05) is 25.9 Å². The quantitative estimate of drug-likeness (QED) is 0.722. The SMILES string of the molecule is CCC1(OC(=O)C2CCN(C(=O)OC3(C)CCCC3)CC2)CCCO1. The van der Waals surface area contributed by atoms with E-state index in [1.807, 2.05) is 13.8 Å². The molecule has 0 aromatic rings. The molecule has 0 aromatic carbocycles. The van der Waals surface area contributed by atoms with Gasteiger partial charge in [-0.2, -0.15) is 0 Å². The molecule has 1 amide bonds. The third-order valence-electron chi connectivity index (χ3n) is 5.97. The summed E-state index contributed by atoms with van der Waals surface area (Å²) < 4.78 is 17.1. The van der Waals surface area contributed by atoms with E-state index in [-0.39, 0.29) is 23.6 Å². The molecule has 0 radical (unpaired) electrons. The molecule has 6 heteroatoms. The molecule has 1 aliphatic carbocycles. The van der Waals surface area contributed by atoms with Gasteiger partial charge in [-0.25, -0.2) is 4.79 Å². The highest BCUT2D eigenvalue weighted by Crippen LogP contribution is 2.34. The number of likely N-dealkylation sites (tertiary alicyclic amines) is 1. The Labute approximate surface area is 150 Å². The molecular formula is C19H31NO5. The van der Waals surface area contributed by atoms with Gasteiger partial charge in [-0.1, -0.05) is 6.92 Å². The Morgan fingerprint density at radius 3 is 2.32 bits per heavy atom. The van der Waals surface area contributed by atoms with Gasteiger partial charge in [0.15, 0.2) is 0 Å². The van der Waals surface area contributed by atoms with Gasteiger partial charge in [-0.15, -0.1) is 0 Å². The zero-order valence-electron chi connectivity index (χ0n) is 15.6. The van der Waals surface area contributed by atoms with Crippen LogP contribution in [0.4, 0.5) is 4.79 Å². The molecule has 142 valence electrons. The molecule has 1 saturated carbocycles. The fourth-order valence-electron chi connectivity index (χ4n) is 4.17. The van der Waals surface area contributed by atoms with Gasteiger partial charge in [0.25, 0.3) is 0 Å². The largest absolute Gasteiger partial charge is 0.443 e. The number of esters is 1. The number of rotatable bonds is 4. The summed E-state index contributed by atoms with van der Waals surface area (Å²) in [7, 11) is 0. The monoisotopic (exact) mass is 353 g/mol. The van der Waals surface area contributed by atoms with Crippen molar-refractivity contribution >= 4 is 12.1 Å². The van der Waals surface area contributed by atoms with Crippen LogP contribution in [0.1, 0.15) is 71.6 Å². The van der Waals surface area contributed by atoms with Crippen molar-refractivity contribution in [2.45, 2.75) is 83.0 Å². The number of nitrogens with zero attached hydrogens (tertiary/aromatic N) is 1. The molecule has 2 saturated heterocycles. The van der Waals surface area contributed by atoms with E-state index in [2.05, 4.69) is 0 Å². The Morgan fingerprint density at radius 1 is 1.08 bits per heavy atom. The van der Waals surface area contributed by atoms with Crippen LogP contribution in [0.25, 0.3) is 0 Å². The highest BCUT2D eigenvalue weighted by atomic mass is 16.7. The average Bonchev–Trinajstić information content (AvgIpc) is 3.25. The minimum atomic E-state index is -0.718. The van der Waals surface area contributed by atoms with Gasteiger partial charge in [0.05, 0.1) is 12.5 Å². The molecule has 0 bridgehead atoms. The van der Waals surface area contributed by atoms with Crippen LogP contribution in [0.2, 0.25) is 0 Å². The van der Waals surface area contributed by atoms with Crippen LogP contribution >= 0.6 is 0 Å². The summed E-state index contributed by atoms with van der Waals surface area (Å²) in [5.74, 6) is -1.05. The third kappa shape index (κ3) is 4.27. The minimum absolute atomic E-state index is 0.154. The van der Waals surface area contributed by atoms with Gasteiger partial charge in [0.2, 0.25) is 5.79 Å². The van der Waals surface area contributed by atoms with Crippen LogP contribution in [0, 0.1) is 5.92 Å². The van der Waals surface area contributed by atoms with Gasteiger partial charge in [0.1, 0.15) is 5.60 Å². The van der Waals surface area contributed by atoms with Crippen molar-refractivity contribution in [3.63, 3.8) is 0 Å². The Kier molecular flexibility index (Phi) is 5.56. The molecule has 1 unspecified atom stereocenters. The maximum absolute atomic E-state index is 12.5. The maximum atomic E-state index is 12.5. The topological polar surface area (TPSA) is 65.1 Å². The van der Waals surface area contributed by atoms with E-state index in [1.165, 1.54) is 0 Å². The predicted octanol–water partition coefficient (Wildman–Crippen LogP) is 3.63. The first kappa shape index (κ1) is 18.5. The lowest BCUT2D eigenvalue weighted by Crippen LogP contribution is -2.45. The van der Waals surface area contributed by atoms with Crippen LogP contribution < -0.4 is 0 Å². The Balaban J connectivity index is 1.46. The number of hydrogen-bond donors (Lipinski definition) is 0. The summed E-state index contributed by atoms with van der Waals surface area (Å²) >= 11 is 0. The molecule has 25 heavy (non-hydrogen) atoms. The lowest BCUT2D eigenvalue weighted by atomic mass is 9.97.